The first kappa shape index (κ1) is 15.1. The van der Waals surface area contributed by atoms with Crippen LogP contribution >= 0.6 is 11.3 Å². The number of ether oxygens (including phenoxy) is 1. The van der Waals surface area contributed by atoms with Crippen molar-refractivity contribution in [3.8, 4) is 0 Å². The van der Waals surface area contributed by atoms with Gasteiger partial charge in [-0.05, 0) is 31.2 Å². The first-order chi connectivity index (χ1) is 9.70. The van der Waals surface area contributed by atoms with Gasteiger partial charge in [0.2, 0.25) is 0 Å². The number of rotatable bonds is 9. The van der Waals surface area contributed by atoms with Crippen LogP contribution in [0.5, 0.6) is 0 Å². The van der Waals surface area contributed by atoms with E-state index >= 15 is 0 Å². The molecule has 1 fully saturated rings. The minimum Gasteiger partial charge on any atom is -0.397 e. The van der Waals surface area contributed by atoms with Gasteiger partial charge >= 0.3 is 0 Å². The third-order valence-electron chi connectivity index (χ3n) is 3.10. The molecule has 1 amide bonds. The van der Waals surface area contributed by atoms with Gasteiger partial charge in [0.05, 0.1) is 17.3 Å². The number of thiophene rings is 1. The average molecular weight is 297 g/mol. The summed E-state index contributed by atoms with van der Waals surface area (Å²) in [5.41, 5.74) is 6.40. The van der Waals surface area contributed by atoms with Crippen molar-refractivity contribution in [1.29, 1.82) is 0 Å². The van der Waals surface area contributed by atoms with Crippen molar-refractivity contribution in [2.45, 2.75) is 26.2 Å². The lowest BCUT2D eigenvalue weighted by Crippen LogP contribution is -2.23. The number of amides is 1. The van der Waals surface area contributed by atoms with Gasteiger partial charge in [-0.25, -0.2) is 0 Å². The normalized spacial score (nSPS) is 14.2. The first-order valence-corrected chi connectivity index (χ1v) is 8.01. The molecular formula is C14H23N3O2S. The van der Waals surface area contributed by atoms with E-state index in [9.17, 15) is 4.79 Å². The lowest BCUT2D eigenvalue weighted by atomic mass is 10.3. The van der Waals surface area contributed by atoms with Gasteiger partial charge in [-0.3, -0.25) is 4.79 Å². The molecule has 5 nitrogen and oxygen atoms in total. The van der Waals surface area contributed by atoms with E-state index in [1.165, 1.54) is 24.2 Å². The number of anilines is 2. The summed E-state index contributed by atoms with van der Waals surface area (Å²) in [5.74, 6) is 0.702. The highest BCUT2D eigenvalue weighted by atomic mass is 32.1. The second-order valence-corrected chi connectivity index (χ2v) is 6.15. The molecule has 20 heavy (non-hydrogen) atoms. The van der Waals surface area contributed by atoms with E-state index in [1.54, 1.807) is 0 Å². The molecule has 0 radical (unpaired) electrons. The van der Waals surface area contributed by atoms with Crippen LogP contribution in [0.1, 0.15) is 35.9 Å². The molecule has 1 aromatic rings. The zero-order chi connectivity index (χ0) is 14.4. The van der Waals surface area contributed by atoms with Gasteiger partial charge in [0.15, 0.2) is 0 Å². The molecule has 0 spiro atoms. The van der Waals surface area contributed by atoms with Gasteiger partial charge in [-0.1, -0.05) is 6.92 Å². The molecule has 0 saturated heterocycles. The molecule has 1 saturated carbocycles. The fourth-order valence-corrected chi connectivity index (χ4v) is 2.69. The van der Waals surface area contributed by atoms with Crippen LogP contribution in [0.15, 0.2) is 6.07 Å². The summed E-state index contributed by atoms with van der Waals surface area (Å²) in [5, 5.41) is 7.00. The molecule has 1 heterocycles. The lowest BCUT2D eigenvalue weighted by molar-refractivity contribution is 0.0958. The van der Waals surface area contributed by atoms with Crippen LogP contribution in [-0.2, 0) is 4.74 Å². The Morgan fingerprint density at radius 1 is 1.50 bits per heavy atom. The van der Waals surface area contributed by atoms with E-state index in [4.69, 9.17) is 10.5 Å². The van der Waals surface area contributed by atoms with Crippen molar-refractivity contribution >= 4 is 27.9 Å². The largest absolute Gasteiger partial charge is 0.397 e. The van der Waals surface area contributed by atoms with E-state index in [-0.39, 0.29) is 5.91 Å². The Labute approximate surface area is 123 Å². The van der Waals surface area contributed by atoms with Gasteiger partial charge < -0.3 is 21.1 Å². The molecule has 4 N–H and O–H groups in total. The zero-order valence-electron chi connectivity index (χ0n) is 11.9. The van der Waals surface area contributed by atoms with Gasteiger partial charge in [0.1, 0.15) is 4.88 Å². The van der Waals surface area contributed by atoms with Crippen molar-refractivity contribution in [1.82, 2.24) is 5.32 Å². The fourth-order valence-electron chi connectivity index (χ4n) is 1.77. The second kappa shape index (κ2) is 7.50. The number of carbonyl (C=O) groups is 1. The highest BCUT2D eigenvalue weighted by molar-refractivity contribution is 7.18. The standard InChI is InChI=1S/C14H23N3O2S/c1-2-5-17-14(18)13-11(15)8-12(20-13)16-6-7-19-9-10-3-4-10/h8,10,16H,2-7,9,15H2,1H3,(H,17,18). The maximum Gasteiger partial charge on any atom is 0.263 e. The minimum absolute atomic E-state index is 0.0904. The van der Waals surface area contributed by atoms with Crippen LogP contribution in [0, 0.1) is 5.92 Å². The molecule has 1 aromatic heterocycles. The molecule has 0 atom stereocenters. The van der Waals surface area contributed by atoms with Crippen molar-refractivity contribution in [2.75, 3.05) is 37.4 Å². The summed E-state index contributed by atoms with van der Waals surface area (Å²) >= 11 is 1.39. The number of hydrogen-bond donors (Lipinski definition) is 3. The van der Waals surface area contributed by atoms with Gasteiger partial charge in [0, 0.05) is 19.7 Å². The van der Waals surface area contributed by atoms with Crippen LogP contribution in [0.25, 0.3) is 0 Å². The predicted molar refractivity (Wildman–Crippen MR) is 83.4 cm³/mol. The molecule has 1 aliphatic carbocycles. The quantitative estimate of drug-likeness (QED) is 0.611. The van der Waals surface area contributed by atoms with Crippen LogP contribution < -0.4 is 16.4 Å². The summed E-state index contributed by atoms with van der Waals surface area (Å²) in [7, 11) is 0. The first-order valence-electron chi connectivity index (χ1n) is 7.19. The highest BCUT2D eigenvalue weighted by Gasteiger charge is 2.20. The summed E-state index contributed by atoms with van der Waals surface area (Å²) in [6.45, 7) is 4.99. The Balaban J connectivity index is 1.72. The molecule has 1 aliphatic rings. The maximum atomic E-state index is 11.9. The van der Waals surface area contributed by atoms with E-state index in [2.05, 4.69) is 10.6 Å². The third kappa shape index (κ3) is 4.68. The van der Waals surface area contributed by atoms with E-state index in [1.807, 2.05) is 13.0 Å². The highest BCUT2D eigenvalue weighted by Crippen LogP contribution is 2.29. The number of carbonyl (C=O) groups excluding carboxylic acids is 1. The topological polar surface area (TPSA) is 76.4 Å². The summed E-state index contributed by atoms with van der Waals surface area (Å²) in [6.07, 6.45) is 3.54. The average Bonchev–Trinajstić information content (AvgIpc) is 3.18. The lowest BCUT2D eigenvalue weighted by Gasteiger charge is -2.04. The molecule has 0 aliphatic heterocycles. The summed E-state index contributed by atoms with van der Waals surface area (Å²) < 4.78 is 5.55. The van der Waals surface area contributed by atoms with E-state index < -0.39 is 0 Å². The molecule has 2 rings (SSSR count). The smallest absolute Gasteiger partial charge is 0.263 e. The number of nitrogen functional groups attached to an aromatic ring is 1. The van der Waals surface area contributed by atoms with Crippen molar-refractivity contribution in [3.05, 3.63) is 10.9 Å². The number of nitrogens with one attached hydrogen (secondary N) is 2. The monoisotopic (exact) mass is 297 g/mol. The maximum absolute atomic E-state index is 11.9. The number of hydrogen-bond acceptors (Lipinski definition) is 5. The van der Waals surface area contributed by atoms with Gasteiger partial charge in [-0.2, -0.15) is 0 Å². The summed E-state index contributed by atoms with van der Waals surface area (Å²) in [6, 6.07) is 1.81. The molecule has 0 bridgehead atoms. The van der Waals surface area contributed by atoms with Crippen molar-refractivity contribution < 1.29 is 9.53 Å². The van der Waals surface area contributed by atoms with E-state index in [0.717, 1.165) is 30.5 Å². The second-order valence-electron chi connectivity index (χ2n) is 5.10. The fraction of sp³-hybridized carbons (Fsp3) is 0.643. The SMILES string of the molecule is CCCNC(=O)c1sc(NCCOCC2CC2)cc1N. The summed E-state index contributed by atoms with van der Waals surface area (Å²) in [4.78, 5) is 12.4. The van der Waals surface area contributed by atoms with Crippen molar-refractivity contribution in [3.63, 3.8) is 0 Å². The Morgan fingerprint density at radius 2 is 2.30 bits per heavy atom. The molecular weight excluding hydrogens is 274 g/mol. The molecule has 0 aromatic carbocycles. The Hall–Kier alpha value is -1.27. The number of nitrogens with two attached hydrogens (primary N) is 1. The van der Waals surface area contributed by atoms with Gasteiger partial charge in [0.25, 0.3) is 5.91 Å². The van der Waals surface area contributed by atoms with Crippen LogP contribution in [0.2, 0.25) is 0 Å². The Kier molecular flexibility index (Phi) is 5.67. The zero-order valence-corrected chi connectivity index (χ0v) is 12.7. The molecule has 112 valence electrons. The Morgan fingerprint density at radius 3 is 3.00 bits per heavy atom. The molecule has 0 unspecified atom stereocenters. The predicted octanol–water partition coefficient (Wildman–Crippen LogP) is 2.31. The Bertz CT molecular complexity index is 444. The van der Waals surface area contributed by atoms with E-state index in [0.29, 0.717) is 23.7 Å². The van der Waals surface area contributed by atoms with Crippen molar-refractivity contribution in [2.24, 2.45) is 5.92 Å². The van der Waals surface area contributed by atoms with Crippen LogP contribution in [0.3, 0.4) is 0 Å². The minimum atomic E-state index is -0.0904. The van der Waals surface area contributed by atoms with Crippen LogP contribution in [0.4, 0.5) is 10.7 Å². The third-order valence-corrected chi connectivity index (χ3v) is 4.21. The van der Waals surface area contributed by atoms with Crippen LogP contribution in [-0.4, -0.2) is 32.2 Å². The van der Waals surface area contributed by atoms with Gasteiger partial charge in [-0.15, -0.1) is 11.3 Å². The molecule has 6 heteroatoms.